The van der Waals surface area contributed by atoms with Gasteiger partial charge in [-0.1, -0.05) is 23.2 Å². The van der Waals surface area contributed by atoms with Crippen LogP contribution in [0, 0.1) is 0 Å². The Kier molecular flexibility index (Phi) is 6.73. The number of esters is 2. The monoisotopic (exact) mass is 414 g/mol. The summed E-state index contributed by atoms with van der Waals surface area (Å²) in [5, 5.41) is 0.314. The third-order valence-corrected chi connectivity index (χ3v) is 4.81. The number of hydrogen-bond donors (Lipinski definition) is 1. The molecule has 2 N–H and O–H groups in total. The Morgan fingerprint density at radius 2 is 1.74 bits per heavy atom. The minimum Gasteiger partial charge on any atom is -0.462 e. The highest BCUT2D eigenvalue weighted by atomic mass is 35.5. The van der Waals surface area contributed by atoms with Crippen LogP contribution >= 0.6 is 23.2 Å². The number of benzene rings is 1. The van der Waals surface area contributed by atoms with Gasteiger partial charge in [-0.05, 0) is 32.9 Å². The molecule has 1 heterocycles. The zero-order valence-electron chi connectivity index (χ0n) is 15.2. The number of halogens is 2. The first-order valence-electron chi connectivity index (χ1n) is 8.38. The summed E-state index contributed by atoms with van der Waals surface area (Å²) in [7, 11) is 0. The SMILES string of the molecule is CCOC(=O)C(C(=O)OCC)=C(N)N1c2ccc(Cl)c(Cl)c2C(=O)CC1C. The van der Waals surface area contributed by atoms with Gasteiger partial charge in [0.25, 0.3) is 0 Å². The van der Waals surface area contributed by atoms with Crippen LogP contribution in [0.25, 0.3) is 0 Å². The third kappa shape index (κ3) is 4.04. The average molecular weight is 415 g/mol. The molecular formula is C18H20Cl2N2O5. The molecule has 0 saturated heterocycles. The maximum absolute atomic E-state index is 12.5. The molecule has 0 spiro atoms. The molecular weight excluding hydrogens is 395 g/mol. The molecule has 146 valence electrons. The molecule has 9 heteroatoms. The van der Waals surface area contributed by atoms with Crippen LogP contribution in [-0.4, -0.2) is 37.0 Å². The lowest BCUT2D eigenvalue weighted by Gasteiger charge is -2.37. The Balaban J connectivity index is 2.68. The van der Waals surface area contributed by atoms with Crippen molar-refractivity contribution in [1.29, 1.82) is 0 Å². The number of carbonyl (C=O) groups excluding carboxylic acids is 3. The summed E-state index contributed by atoms with van der Waals surface area (Å²) in [6.07, 6.45) is 0.0761. The van der Waals surface area contributed by atoms with Gasteiger partial charge in [0.1, 0.15) is 5.82 Å². The van der Waals surface area contributed by atoms with Crippen molar-refractivity contribution < 1.29 is 23.9 Å². The van der Waals surface area contributed by atoms with Gasteiger partial charge < -0.3 is 20.1 Å². The molecule has 1 aliphatic rings. The highest BCUT2D eigenvalue weighted by Gasteiger charge is 2.36. The van der Waals surface area contributed by atoms with Gasteiger partial charge in [0.2, 0.25) is 0 Å². The number of rotatable bonds is 5. The third-order valence-electron chi connectivity index (χ3n) is 4.01. The fraction of sp³-hybridized carbons (Fsp3) is 0.389. The van der Waals surface area contributed by atoms with Crippen LogP contribution in [0.15, 0.2) is 23.5 Å². The van der Waals surface area contributed by atoms with E-state index in [-0.39, 0.29) is 46.8 Å². The molecule has 0 aliphatic carbocycles. The van der Waals surface area contributed by atoms with Crippen LogP contribution < -0.4 is 10.6 Å². The van der Waals surface area contributed by atoms with E-state index in [0.29, 0.717) is 5.69 Å². The fourth-order valence-corrected chi connectivity index (χ4v) is 3.31. The minimum atomic E-state index is -0.904. The van der Waals surface area contributed by atoms with Crippen LogP contribution in [0.2, 0.25) is 10.0 Å². The van der Waals surface area contributed by atoms with Gasteiger partial charge in [0.05, 0.1) is 34.5 Å². The van der Waals surface area contributed by atoms with E-state index in [1.807, 2.05) is 0 Å². The summed E-state index contributed by atoms with van der Waals surface area (Å²) in [6.45, 7) is 5.07. The Morgan fingerprint density at radius 3 is 2.26 bits per heavy atom. The van der Waals surface area contributed by atoms with Crippen molar-refractivity contribution in [2.24, 2.45) is 5.73 Å². The number of nitrogens with two attached hydrogens (primary N) is 1. The molecule has 1 atom stereocenters. The van der Waals surface area contributed by atoms with Gasteiger partial charge in [0, 0.05) is 12.5 Å². The largest absolute Gasteiger partial charge is 0.462 e. The Hall–Kier alpha value is -2.25. The van der Waals surface area contributed by atoms with Gasteiger partial charge in [0.15, 0.2) is 11.4 Å². The maximum atomic E-state index is 12.5. The summed E-state index contributed by atoms with van der Waals surface area (Å²) >= 11 is 12.2. The smallest absolute Gasteiger partial charge is 0.349 e. The minimum absolute atomic E-state index is 0.0566. The quantitative estimate of drug-likeness (QED) is 0.342. The van der Waals surface area contributed by atoms with Crippen molar-refractivity contribution in [3.63, 3.8) is 0 Å². The Morgan fingerprint density at radius 1 is 1.19 bits per heavy atom. The van der Waals surface area contributed by atoms with Crippen molar-refractivity contribution in [3.05, 3.63) is 39.1 Å². The number of anilines is 1. The summed E-state index contributed by atoms with van der Waals surface area (Å²) < 4.78 is 9.90. The van der Waals surface area contributed by atoms with E-state index in [4.69, 9.17) is 38.4 Å². The van der Waals surface area contributed by atoms with Crippen LogP contribution in [-0.2, 0) is 19.1 Å². The zero-order valence-corrected chi connectivity index (χ0v) is 16.7. The standard InChI is InChI=1S/C18H20Cl2N2O5/c1-4-26-17(24)14(18(25)27-5-2)16(21)22-9(3)8-12(23)13-11(22)7-6-10(19)15(13)20/h6-7,9H,4-5,8,21H2,1-3H3. The van der Waals surface area contributed by atoms with Gasteiger partial charge in [-0.3, -0.25) is 4.79 Å². The summed E-state index contributed by atoms with van der Waals surface area (Å²) in [6, 6.07) is 2.65. The second kappa shape index (κ2) is 8.63. The van der Waals surface area contributed by atoms with E-state index >= 15 is 0 Å². The topological polar surface area (TPSA) is 98.9 Å². The molecule has 27 heavy (non-hydrogen) atoms. The molecule has 1 aromatic rings. The normalized spacial score (nSPS) is 15.8. The number of hydrogen-bond acceptors (Lipinski definition) is 7. The average Bonchev–Trinajstić information content (AvgIpc) is 2.58. The Bertz CT molecular complexity index is 802. The van der Waals surface area contributed by atoms with Crippen LogP contribution in [0.3, 0.4) is 0 Å². The van der Waals surface area contributed by atoms with E-state index in [9.17, 15) is 14.4 Å². The van der Waals surface area contributed by atoms with Gasteiger partial charge >= 0.3 is 11.9 Å². The predicted molar refractivity (Wildman–Crippen MR) is 102 cm³/mol. The number of nitrogens with zero attached hydrogens (tertiary/aromatic N) is 1. The number of ether oxygens (including phenoxy) is 2. The lowest BCUT2D eigenvalue weighted by molar-refractivity contribution is -0.146. The highest BCUT2D eigenvalue weighted by molar-refractivity contribution is 6.44. The molecule has 1 aliphatic heterocycles. The summed E-state index contributed by atoms with van der Waals surface area (Å²) in [5.74, 6) is -2.19. The lowest BCUT2D eigenvalue weighted by atomic mass is 9.94. The van der Waals surface area contributed by atoms with Crippen molar-refractivity contribution >= 4 is 46.6 Å². The molecule has 7 nitrogen and oxygen atoms in total. The van der Waals surface area contributed by atoms with Gasteiger partial charge in [-0.15, -0.1) is 0 Å². The second-order valence-electron chi connectivity index (χ2n) is 5.80. The van der Waals surface area contributed by atoms with Crippen molar-refractivity contribution in [1.82, 2.24) is 0 Å². The van der Waals surface area contributed by atoms with Crippen LogP contribution in [0.5, 0.6) is 0 Å². The Labute approximate surface area is 167 Å². The molecule has 0 saturated carbocycles. The van der Waals surface area contributed by atoms with Gasteiger partial charge in [-0.25, -0.2) is 9.59 Å². The summed E-state index contributed by atoms with van der Waals surface area (Å²) in [5.41, 5.74) is 6.33. The number of fused-ring (bicyclic) bond motifs is 1. The first-order valence-corrected chi connectivity index (χ1v) is 9.14. The van der Waals surface area contributed by atoms with Crippen LogP contribution in [0.1, 0.15) is 37.6 Å². The van der Waals surface area contributed by atoms with Crippen molar-refractivity contribution in [3.8, 4) is 0 Å². The van der Waals surface area contributed by atoms with E-state index < -0.39 is 23.6 Å². The molecule has 0 radical (unpaired) electrons. The highest BCUT2D eigenvalue weighted by Crippen LogP contribution is 2.40. The second-order valence-corrected chi connectivity index (χ2v) is 6.59. The molecule has 1 unspecified atom stereocenters. The van der Waals surface area contributed by atoms with E-state index in [2.05, 4.69) is 0 Å². The zero-order chi connectivity index (χ0) is 20.3. The maximum Gasteiger partial charge on any atom is 0.349 e. The number of Topliss-reactive ketones (excluding diaryl/α,β-unsaturated/α-hetero) is 1. The molecule has 0 bridgehead atoms. The predicted octanol–water partition coefficient (Wildman–Crippen LogP) is 3.07. The van der Waals surface area contributed by atoms with E-state index in [1.54, 1.807) is 26.8 Å². The lowest BCUT2D eigenvalue weighted by Crippen LogP contribution is -2.44. The van der Waals surface area contributed by atoms with E-state index in [1.165, 1.54) is 11.0 Å². The molecule has 2 rings (SSSR count). The number of ketones is 1. The van der Waals surface area contributed by atoms with E-state index in [0.717, 1.165) is 0 Å². The van der Waals surface area contributed by atoms with Gasteiger partial charge in [-0.2, -0.15) is 0 Å². The molecule has 0 fully saturated rings. The van der Waals surface area contributed by atoms with Crippen LogP contribution in [0.4, 0.5) is 5.69 Å². The fourth-order valence-electron chi connectivity index (χ4n) is 2.89. The summed E-state index contributed by atoms with van der Waals surface area (Å²) in [4.78, 5) is 38.7. The first kappa shape index (κ1) is 21.1. The molecule has 1 aromatic carbocycles. The number of carbonyl (C=O) groups is 3. The molecule has 0 amide bonds. The van der Waals surface area contributed by atoms with Crippen molar-refractivity contribution in [2.75, 3.05) is 18.1 Å². The van der Waals surface area contributed by atoms with Crippen molar-refractivity contribution in [2.45, 2.75) is 33.2 Å². The molecule has 0 aromatic heterocycles. The first-order chi connectivity index (χ1) is 12.7.